The number of nitrogens with zero attached hydrogens (tertiary/aromatic N) is 4. The molecule has 2 heterocycles. The van der Waals surface area contributed by atoms with Gasteiger partial charge in [-0.25, -0.2) is 0 Å². The second kappa shape index (κ2) is 12.9. The van der Waals surface area contributed by atoms with Crippen molar-refractivity contribution in [1.82, 2.24) is 9.80 Å². The van der Waals surface area contributed by atoms with Crippen LogP contribution in [-0.2, 0) is 16.8 Å². The zero-order valence-corrected chi connectivity index (χ0v) is 24.6. The third-order valence-electron chi connectivity index (χ3n) is 8.49. The van der Waals surface area contributed by atoms with Gasteiger partial charge in [0.2, 0.25) is 0 Å². The van der Waals surface area contributed by atoms with E-state index in [4.69, 9.17) is 16.9 Å². The number of likely N-dealkylation sites (tertiary alicyclic amines) is 1. The zero-order chi connectivity index (χ0) is 30.7. The van der Waals surface area contributed by atoms with Gasteiger partial charge in [0.15, 0.2) is 0 Å². The van der Waals surface area contributed by atoms with Crippen molar-refractivity contribution in [3.8, 4) is 6.07 Å². The summed E-state index contributed by atoms with van der Waals surface area (Å²) in [5.74, 6) is -0.762. The summed E-state index contributed by atoms with van der Waals surface area (Å²) in [6, 6.07) is 12.3. The van der Waals surface area contributed by atoms with E-state index in [-0.39, 0.29) is 31.3 Å². The Balaban J connectivity index is 1.32. The van der Waals surface area contributed by atoms with Gasteiger partial charge in [-0.2, -0.15) is 18.4 Å². The van der Waals surface area contributed by atoms with Crippen LogP contribution >= 0.6 is 11.6 Å². The van der Waals surface area contributed by atoms with E-state index < -0.39 is 23.2 Å². The van der Waals surface area contributed by atoms with Crippen LogP contribution in [0, 0.1) is 23.2 Å². The minimum Gasteiger partial charge on any atom is -0.371 e. The van der Waals surface area contributed by atoms with Crippen LogP contribution in [0.1, 0.15) is 53.6 Å². The van der Waals surface area contributed by atoms with Gasteiger partial charge < -0.3 is 19.8 Å². The van der Waals surface area contributed by atoms with Crippen LogP contribution in [0.4, 0.5) is 18.9 Å². The molecule has 0 spiro atoms. The Kier molecular flexibility index (Phi) is 9.74. The van der Waals surface area contributed by atoms with Crippen LogP contribution in [-0.4, -0.2) is 73.2 Å². The molecular formula is C31H36ClF3N4O3. The molecule has 0 saturated carbocycles. The minimum absolute atomic E-state index is 0.127. The maximum atomic E-state index is 14.2. The molecule has 2 aliphatic rings. The number of carbonyl (C=O) groups excluding carboxylic acids is 2. The molecule has 0 radical (unpaired) electrons. The average Bonchev–Trinajstić information content (AvgIpc) is 2.96. The number of nitriles is 1. The number of rotatable bonds is 7. The SMILES string of the molecule is CN(C)C(=O)c1ccc(N2CCC(CC3CCN(C(=O)C(O)(c4cccc(CC#N)c4)C(F)(F)F)CC3)CC2)cc1Cl. The standard InChI is InChI=1S/C31H36ClF3N4O3/c1-37(2)28(40)26-7-6-25(20-27(26)32)38-14-9-22(10-15-38)18-23-11-16-39(17-12-23)29(41)30(42,31(33,34)35)24-5-3-4-21(19-24)8-13-36/h3-7,19-20,22-23,42H,8-12,14-18H2,1-2H3. The average molecular weight is 605 g/mol. The minimum atomic E-state index is -5.22. The number of amides is 2. The van der Waals surface area contributed by atoms with Crippen molar-refractivity contribution in [3.63, 3.8) is 0 Å². The highest BCUT2D eigenvalue weighted by atomic mass is 35.5. The third-order valence-corrected chi connectivity index (χ3v) is 8.80. The van der Waals surface area contributed by atoms with Crippen LogP contribution < -0.4 is 4.90 Å². The Hall–Kier alpha value is -3.29. The summed E-state index contributed by atoms with van der Waals surface area (Å²) in [4.78, 5) is 30.3. The second-order valence-corrected chi connectivity index (χ2v) is 11.9. The van der Waals surface area contributed by atoms with E-state index >= 15 is 0 Å². The van der Waals surface area contributed by atoms with Gasteiger partial charge in [0, 0.05) is 51.5 Å². The van der Waals surface area contributed by atoms with Gasteiger partial charge in [0.05, 0.1) is 23.1 Å². The van der Waals surface area contributed by atoms with Gasteiger partial charge in [-0.1, -0.05) is 35.9 Å². The summed E-state index contributed by atoms with van der Waals surface area (Å²) in [5, 5.41) is 20.2. The summed E-state index contributed by atoms with van der Waals surface area (Å²) in [5.41, 5.74) is -2.50. The summed E-state index contributed by atoms with van der Waals surface area (Å²) in [7, 11) is 3.36. The second-order valence-electron chi connectivity index (χ2n) is 11.5. The molecule has 11 heteroatoms. The van der Waals surface area contributed by atoms with E-state index in [9.17, 15) is 27.9 Å². The van der Waals surface area contributed by atoms with Gasteiger partial charge in [0.1, 0.15) is 0 Å². The number of halogens is 4. The summed E-state index contributed by atoms with van der Waals surface area (Å²) in [6.45, 7) is 1.97. The van der Waals surface area contributed by atoms with Crippen LogP contribution in [0.3, 0.4) is 0 Å². The van der Waals surface area contributed by atoms with E-state index in [0.717, 1.165) is 55.1 Å². The summed E-state index contributed by atoms with van der Waals surface area (Å²) < 4.78 is 42.5. The van der Waals surface area contributed by atoms with Gasteiger partial charge in [0.25, 0.3) is 17.4 Å². The zero-order valence-electron chi connectivity index (χ0n) is 23.8. The number of carbonyl (C=O) groups is 2. The normalized spacial score (nSPS) is 18.3. The number of hydrogen-bond acceptors (Lipinski definition) is 5. The van der Waals surface area contributed by atoms with Crippen LogP contribution in [0.25, 0.3) is 0 Å². The highest BCUT2D eigenvalue weighted by molar-refractivity contribution is 6.34. The molecule has 2 amide bonds. The molecule has 1 unspecified atom stereocenters. The van der Waals surface area contributed by atoms with E-state index in [1.807, 2.05) is 18.2 Å². The first-order chi connectivity index (χ1) is 19.8. The molecule has 2 aromatic rings. The van der Waals surface area contributed by atoms with Crippen molar-refractivity contribution in [2.75, 3.05) is 45.2 Å². The molecule has 42 heavy (non-hydrogen) atoms. The molecule has 7 nitrogen and oxygen atoms in total. The predicted molar refractivity (Wildman–Crippen MR) is 154 cm³/mol. The van der Waals surface area contributed by atoms with E-state index in [1.54, 1.807) is 20.2 Å². The number of benzene rings is 2. The molecule has 2 fully saturated rings. The lowest BCUT2D eigenvalue weighted by Gasteiger charge is -2.40. The molecular weight excluding hydrogens is 569 g/mol. The quantitative estimate of drug-likeness (QED) is 0.457. The van der Waals surface area contributed by atoms with Crippen molar-refractivity contribution in [1.29, 1.82) is 5.26 Å². The van der Waals surface area contributed by atoms with Gasteiger partial charge in [-0.15, -0.1) is 0 Å². The molecule has 0 bridgehead atoms. The topological polar surface area (TPSA) is 87.9 Å². The highest BCUT2D eigenvalue weighted by Gasteiger charge is 2.62. The van der Waals surface area contributed by atoms with Gasteiger partial charge >= 0.3 is 6.18 Å². The fourth-order valence-electron chi connectivity index (χ4n) is 6.02. The molecule has 226 valence electrons. The molecule has 4 rings (SSSR count). The monoisotopic (exact) mass is 604 g/mol. The third kappa shape index (κ3) is 6.68. The summed E-state index contributed by atoms with van der Waals surface area (Å²) >= 11 is 6.39. The van der Waals surface area contributed by atoms with Crippen molar-refractivity contribution in [2.45, 2.75) is 50.3 Å². The van der Waals surface area contributed by atoms with Crippen LogP contribution in [0.5, 0.6) is 0 Å². The Morgan fingerprint density at radius 2 is 1.64 bits per heavy atom. The number of alkyl halides is 3. The van der Waals surface area contributed by atoms with Crippen molar-refractivity contribution < 1.29 is 27.9 Å². The van der Waals surface area contributed by atoms with Gasteiger partial charge in [-0.3, -0.25) is 9.59 Å². The van der Waals surface area contributed by atoms with Crippen molar-refractivity contribution >= 4 is 29.1 Å². The fourth-order valence-corrected chi connectivity index (χ4v) is 6.28. The lowest BCUT2D eigenvalue weighted by molar-refractivity contribution is -0.262. The van der Waals surface area contributed by atoms with Crippen LogP contribution in [0.2, 0.25) is 5.02 Å². The first-order valence-corrected chi connectivity index (χ1v) is 14.5. The predicted octanol–water partition coefficient (Wildman–Crippen LogP) is 5.40. The highest BCUT2D eigenvalue weighted by Crippen LogP contribution is 2.42. The molecule has 0 aromatic heterocycles. The Labute approximate surface area is 249 Å². The lowest BCUT2D eigenvalue weighted by atomic mass is 9.82. The number of aliphatic hydroxyl groups is 1. The molecule has 2 saturated heterocycles. The van der Waals surface area contributed by atoms with E-state index in [2.05, 4.69) is 4.90 Å². The number of anilines is 1. The van der Waals surface area contributed by atoms with E-state index in [0.29, 0.717) is 34.9 Å². The molecule has 2 aromatic carbocycles. The first-order valence-electron chi connectivity index (χ1n) is 14.2. The first kappa shape index (κ1) is 31.6. The smallest absolute Gasteiger partial charge is 0.371 e. The molecule has 1 N–H and O–H groups in total. The van der Waals surface area contributed by atoms with Gasteiger partial charge in [-0.05, 0) is 67.7 Å². The van der Waals surface area contributed by atoms with Crippen LogP contribution in [0.15, 0.2) is 42.5 Å². The Bertz CT molecular complexity index is 1330. The largest absolute Gasteiger partial charge is 0.430 e. The number of hydrogen-bond donors (Lipinski definition) is 1. The molecule has 2 aliphatic heterocycles. The fraction of sp³-hybridized carbons (Fsp3) is 0.516. The maximum absolute atomic E-state index is 14.2. The molecule has 0 aliphatic carbocycles. The molecule has 1 atom stereocenters. The lowest BCUT2D eigenvalue weighted by Crippen LogP contribution is -2.57. The van der Waals surface area contributed by atoms with Crippen molar-refractivity contribution in [2.24, 2.45) is 11.8 Å². The Morgan fingerprint density at radius 3 is 2.19 bits per heavy atom. The van der Waals surface area contributed by atoms with Crippen molar-refractivity contribution in [3.05, 3.63) is 64.2 Å². The Morgan fingerprint density at radius 1 is 1.02 bits per heavy atom. The number of piperidine rings is 2. The maximum Gasteiger partial charge on any atom is 0.430 e. The van der Waals surface area contributed by atoms with E-state index in [1.165, 1.54) is 17.0 Å². The summed E-state index contributed by atoms with van der Waals surface area (Å²) in [6.07, 6.45) is -1.34.